The first-order valence-electron chi connectivity index (χ1n) is 6.97. The van der Waals surface area contributed by atoms with E-state index in [1.807, 2.05) is 25.1 Å². The molecule has 0 aliphatic heterocycles. The summed E-state index contributed by atoms with van der Waals surface area (Å²) < 4.78 is 5.45. The summed E-state index contributed by atoms with van der Waals surface area (Å²) in [5.74, 6) is 0.644. The number of hydrogen-bond acceptors (Lipinski definition) is 3. The number of benzene rings is 2. The van der Waals surface area contributed by atoms with Crippen molar-refractivity contribution >= 4 is 51.4 Å². The van der Waals surface area contributed by atoms with Crippen molar-refractivity contribution in [2.75, 3.05) is 12.3 Å². The smallest absolute Gasteiger partial charge is 0.142 e. The molecule has 3 aromatic rings. The van der Waals surface area contributed by atoms with E-state index in [2.05, 4.69) is 4.98 Å². The molecule has 0 radical (unpaired) electrons. The summed E-state index contributed by atoms with van der Waals surface area (Å²) in [7, 11) is 0. The van der Waals surface area contributed by atoms with Crippen LogP contribution in [0.1, 0.15) is 6.92 Å². The quantitative estimate of drug-likeness (QED) is 0.591. The van der Waals surface area contributed by atoms with E-state index in [1.54, 1.807) is 18.3 Å². The van der Waals surface area contributed by atoms with Crippen LogP contribution in [-0.4, -0.2) is 11.6 Å². The van der Waals surface area contributed by atoms with Crippen LogP contribution < -0.4 is 10.5 Å². The van der Waals surface area contributed by atoms with Crippen LogP contribution in [0.15, 0.2) is 36.5 Å². The molecule has 0 aliphatic carbocycles. The standard InChI is InChI=1S/C17H13Cl3N2O/c1-2-23-15-4-3-9(5-13(15)21)11-8-22-14-7-10(18)6-12(19)16(14)17(11)20/h3-8H,2,21H2,1H3. The molecular formula is C17H13Cl3N2O. The normalized spacial score (nSPS) is 11.0. The van der Waals surface area contributed by atoms with Gasteiger partial charge < -0.3 is 10.5 Å². The Labute approximate surface area is 148 Å². The van der Waals surface area contributed by atoms with Gasteiger partial charge in [0.15, 0.2) is 0 Å². The average Bonchev–Trinajstić information content (AvgIpc) is 2.49. The van der Waals surface area contributed by atoms with Crippen molar-refractivity contribution in [3.05, 3.63) is 51.6 Å². The lowest BCUT2D eigenvalue weighted by Gasteiger charge is -2.12. The van der Waals surface area contributed by atoms with Gasteiger partial charge in [0.1, 0.15) is 5.75 Å². The first-order chi connectivity index (χ1) is 11.0. The Bertz CT molecular complexity index is 897. The molecule has 118 valence electrons. The zero-order valence-electron chi connectivity index (χ0n) is 12.2. The van der Waals surface area contributed by atoms with Crippen LogP contribution in [0.2, 0.25) is 15.1 Å². The van der Waals surface area contributed by atoms with Crippen molar-refractivity contribution in [3.8, 4) is 16.9 Å². The number of pyridine rings is 1. The largest absolute Gasteiger partial charge is 0.492 e. The van der Waals surface area contributed by atoms with Gasteiger partial charge in [0, 0.05) is 22.2 Å². The molecule has 1 aromatic heterocycles. The predicted molar refractivity (Wildman–Crippen MR) is 97.8 cm³/mol. The lowest BCUT2D eigenvalue weighted by molar-refractivity contribution is 0.342. The second-order valence-electron chi connectivity index (χ2n) is 4.95. The molecule has 2 aromatic carbocycles. The van der Waals surface area contributed by atoms with Crippen molar-refractivity contribution in [1.29, 1.82) is 0 Å². The van der Waals surface area contributed by atoms with E-state index >= 15 is 0 Å². The number of nitrogen functional groups attached to an aromatic ring is 1. The summed E-state index contributed by atoms with van der Waals surface area (Å²) in [4.78, 5) is 4.40. The van der Waals surface area contributed by atoms with Gasteiger partial charge in [-0.25, -0.2) is 0 Å². The molecule has 0 aliphatic rings. The fourth-order valence-electron chi connectivity index (χ4n) is 2.41. The first-order valence-corrected chi connectivity index (χ1v) is 8.10. The summed E-state index contributed by atoms with van der Waals surface area (Å²) in [6.07, 6.45) is 1.69. The molecule has 2 N–H and O–H groups in total. The zero-order valence-corrected chi connectivity index (χ0v) is 14.5. The second kappa shape index (κ2) is 6.44. The van der Waals surface area contributed by atoms with Gasteiger partial charge in [0.05, 0.1) is 27.9 Å². The van der Waals surface area contributed by atoms with Crippen LogP contribution in [0.3, 0.4) is 0 Å². The van der Waals surface area contributed by atoms with Gasteiger partial charge in [0.25, 0.3) is 0 Å². The van der Waals surface area contributed by atoms with E-state index in [0.717, 1.165) is 11.1 Å². The lowest BCUT2D eigenvalue weighted by atomic mass is 10.0. The third-order valence-corrected chi connectivity index (χ3v) is 4.35. The molecule has 0 atom stereocenters. The highest BCUT2D eigenvalue weighted by molar-refractivity contribution is 6.44. The van der Waals surface area contributed by atoms with Crippen LogP contribution in [0, 0.1) is 0 Å². The Morgan fingerprint density at radius 2 is 1.91 bits per heavy atom. The fourth-order valence-corrected chi connectivity index (χ4v) is 3.39. The van der Waals surface area contributed by atoms with Crippen LogP contribution in [0.5, 0.6) is 5.75 Å². The maximum absolute atomic E-state index is 6.55. The molecular weight excluding hydrogens is 355 g/mol. The molecule has 0 amide bonds. The molecule has 1 heterocycles. The summed E-state index contributed by atoms with van der Waals surface area (Å²) >= 11 is 18.8. The summed E-state index contributed by atoms with van der Waals surface area (Å²) in [6.45, 7) is 2.46. The van der Waals surface area contributed by atoms with Gasteiger partial charge in [0.2, 0.25) is 0 Å². The highest BCUT2D eigenvalue weighted by atomic mass is 35.5. The average molecular weight is 368 g/mol. The molecule has 0 spiro atoms. The van der Waals surface area contributed by atoms with E-state index in [1.165, 1.54) is 0 Å². The molecule has 0 saturated carbocycles. The maximum Gasteiger partial charge on any atom is 0.142 e. The lowest BCUT2D eigenvalue weighted by Crippen LogP contribution is -1.97. The van der Waals surface area contributed by atoms with Gasteiger partial charge >= 0.3 is 0 Å². The van der Waals surface area contributed by atoms with E-state index in [0.29, 0.717) is 44.0 Å². The number of fused-ring (bicyclic) bond motifs is 1. The van der Waals surface area contributed by atoms with Crippen molar-refractivity contribution in [2.45, 2.75) is 6.92 Å². The highest BCUT2D eigenvalue weighted by Crippen LogP contribution is 2.39. The number of anilines is 1. The van der Waals surface area contributed by atoms with Gasteiger partial charge in [-0.05, 0) is 36.8 Å². The number of ether oxygens (including phenoxy) is 1. The maximum atomic E-state index is 6.55. The highest BCUT2D eigenvalue weighted by Gasteiger charge is 2.14. The summed E-state index contributed by atoms with van der Waals surface area (Å²) in [6, 6.07) is 8.89. The minimum absolute atomic E-state index is 0.464. The van der Waals surface area contributed by atoms with Gasteiger partial charge in [-0.2, -0.15) is 0 Å². The van der Waals surface area contributed by atoms with Gasteiger partial charge in [-0.15, -0.1) is 0 Å². The van der Waals surface area contributed by atoms with Gasteiger partial charge in [-0.3, -0.25) is 4.98 Å². The molecule has 3 nitrogen and oxygen atoms in total. The number of nitrogens with zero attached hydrogens (tertiary/aromatic N) is 1. The monoisotopic (exact) mass is 366 g/mol. The SMILES string of the molecule is CCOc1ccc(-c2cnc3cc(Cl)cc(Cl)c3c2Cl)cc1N. The van der Waals surface area contributed by atoms with Crippen molar-refractivity contribution in [2.24, 2.45) is 0 Å². The van der Waals surface area contributed by atoms with E-state index < -0.39 is 0 Å². The van der Waals surface area contributed by atoms with E-state index in [4.69, 9.17) is 45.3 Å². The molecule has 0 saturated heterocycles. The molecule has 0 unspecified atom stereocenters. The number of halogens is 3. The van der Waals surface area contributed by atoms with Crippen molar-refractivity contribution in [3.63, 3.8) is 0 Å². The van der Waals surface area contributed by atoms with Crippen molar-refractivity contribution in [1.82, 2.24) is 4.98 Å². The van der Waals surface area contributed by atoms with E-state index in [9.17, 15) is 0 Å². The minimum Gasteiger partial charge on any atom is -0.492 e. The zero-order chi connectivity index (χ0) is 16.6. The third-order valence-electron chi connectivity index (χ3n) is 3.44. The Hall–Kier alpha value is -1.68. The molecule has 23 heavy (non-hydrogen) atoms. The molecule has 0 bridgehead atoms. The molecule has 0 fully saturated rings. The third kappa shape index (κ3) is 3.05. The second-order valence-corrected chi connectivity index (χ2v) is 6.17. The molecule has 6 heteroatoms. The van der Waals surface area contributed by atoms with Crippen LogP contribution in [-0.2, 0) is 0 Å². The Kier molecular flexibility index (Phi) is 4.53. The number of aromatic nitrogens is 1. The summed E-state index contributed by atoms with van der Waals surface area (Å²) in [5, 5.41) is 2.16. The predicted octanol–water partition coefficient (Wildman–Crippen LogP) is 5.84. The van der Waals surface area contributed by atoms with Crippen LogP contribution >= 0.6 is 34.8 Å². The Morgan fingerprint density at radius 3 is 2.61 bits per heavy atom. The topological polar surface area (TPSA) is 48.1 Å². The van der Waals surface area contributed by atoms with E-state index in [-0.39, 0.29) is 0 Å². The fraction of sp³-hybridized carbons (Fsp3) is 0.118. The Balaban J connectivity index is 2.17. The van der Waals surface area contributed by atoms with Gasteiger partial charge in [-0.1, -0.05) is 40.9 Å². The van der Waals surface area contributed by atoms with Crippen molar-refractivity contribution < 1.29 is 4.74 Å². The van der Waals surface area contributed by atoms with Crippen LogP contribution in [0.25, 0.3) is 22.0 Å². The number of nitrogens with two attached hydrogens (primary N) is 1. The summed E-state index contributed by atoms with van der Waals surface area (Å²) in [5.41, 5.74) is 8.81. The molecule has 3 rings (SSSR count). The van der Waals surface area contributed by atoms with Crippen LogP contribution in [0.4, 0.5) is 5.69 Å². The minimum atomic E-state index is 0.464. The first kappa shape index (κ1) is 16.2. The number of rotatable bonds is 3. The number of hydrogen-bond donors (Lipinski definition) is 1. The Morgan fingerprint density at radius 1 is 1.13 bits per heavy atom.